The number of thiophene rings is 1. The van der Waals surface area contributed by atoms with Crippen LogP contribution in [0.15, 0.2) is 34.6 Å². The first kappa shape index (κ1) is 28.8. The van der Waals surface area contributed by atoms with Gasteiger partial charge in [-0.3, -0.25) is 9.59 Å². The average molecular weight is 583 g/mol. The summed E-state index contributed by atoms with van der Waals surface area (Å²) in [4.78, 5) is 34.9. The van der Waals surface area contributed by atoms with E-state index >= 15 is 0 Å². The van der Waals surface area contributed by atoms with E-state index in [2.05, 4.69) is 5.43 Å². The number of amides is 1. The molecule has 0 aliphatic carbocycles. The minimum Gasteiger partial charge on any atom is -0.476 e. The molecule has 1 saturated heterocycles. The molecule has 37 heavy (non-hydrogen) atoms. The van der Waals surface area contributed by atoms with Crippen LogP contribution in [0.4, 0.5) is 26.3 Å². The smallest absolute Gasteiger partial charge is 0.416 e. The Morgan fingerprint density at radius 3 is 2.19 bits per heavy atom. The number of ketones is 1. The normalized spacial score (nSPS) is 15.6. The molecule has 0 atom stereocenters. The number of unbranched alkanes of at least 4 members (excludes halogenated alkanes) is 1. The second-order valence-corrected chi connectivity index (χ2v) is 10.3. The molecule has 2 heterocycles. The number of carbonyl (C=O) groups is 3. The van der Waals surface area contributed by atoms with E-state index in [4.69, 9.17) is 17.3 Å². The summed E-state index contributed by atoms with van der Waals surface area (Å²) in [6.45, 7) is 0.229. The molecule has 0 bridgehead atoms. The highest BCUT2D eigenvalue weighted by Gasteiger charge is 2.37. The van der Waals surface area contributed by atoms with Gasteiger partial charge in [-0.15, -0.1) is 11.3 Å². The zero-order valence-corrected chi connectivity index (χ0v) is 20.9. The number of benzene rings is 1. The van der Waals surface area contributed by atoms with Crippen LogP contribution in [0.3, 0.4) is 0 Å². The number of carboxylic acids is 1. The van der Waals surface area contributed by atoms with Crippen LogP contribution in [-0.2, 0) is 26.7 Å². The molecule has 2 N–H and O–H groups in total. The van der Waals surface area contributed by atoms with Gasteiger partial charge in [0.1, 0.15) is 0 Å². The minimum absolute atomic E-state index is 0.0547. The number of alkyl halides is 6. The molecular formula is C22H16F6N2O4S3. The van der Waals surface area contributed by atoms with Crippen molar-refractivity contribution in [1.82, 2.24) is 10.4 Å². The van der Waals surface area contributed by atoms with Crippen molar-refractivity contribution in [2.75, 3.05) is 6.54 Å². The van der Waals surface area contributed by atoms with Crippen LogP contribution in [0, 0.1) is 0 Å². The molecule has 0 unspecified atom stereocenters. The fraction of sp³-hybridized carbons (Fsp3) is 0.273. The molecule has 1 aromatic carbocycles. The first-order valence-electron chi connectivity index (χ1n) is 10.3. The van der Waals surface area contributed by atoms with Gasteiger partial charge in [0.25, 0.3) is 5.91 Å². The largest absolute Gasteiger partial charge is 0.476 e. The molecule has 1 aliphatic heterocycles. The SMILES string of the molecule is O=C(O)C(=O)CCCCNN1C(=O)C(=Cc2cc(-c3cc(C(F)(F)F)cc(C(F)(F)F)c3)cs2)SC1=S. The highest BCUT2D eigenvalue weighted by Crippen LogP contribution is 2.40. The van der Waals surface area contributed by atoms with E-state index in [1.165, 1.54) is 17.5 Å². The number of carbonyl (C=O) groups excluding carboxylic acids is 2. The van der Waals surface area contributed by atoms with Gasteiger partial charge in [-0.25, -0.2) is 15.2 Å². The van der Waals surface area contributed by atoms with Crippen molar-refractivity contribution in [3.8, 4) is 11.1 Å². The highest BCUT2D eigenvalue weighted by molar-refractivity contribution is 8.26. The Bertz CT molecular complexity index is 1240. The molecule has 15 heteroatoms. The third-order valence-corrected chi connectivity index (χ3v) is 7.13. The van der Waals surface area contributed by atoms with Gasteiger partial charge < -0.3 is 5.11 Å². The van der Waals surface area contributed by atoms with E-state index in [1.54, 1.807) is 0 Å². The van der Waals surface area contributed by atoms with E-state index in [0.717, 1.165) is 28.1 Å². The third kappa shape index (κ3) is 7.40. The molecule has 2 aromatic rings. The summed E-state index contributed by atoms with van der Waals surface area (Å²) in [6, 6.07) is 2.70. The molecule has 0 spiro atoms. The van der Waals surface area contributed by atoms with E-state index < -0.39 is 41.1 Å². The Morgan fingerprint density at radius 1 is 1.00 bits per heavy atom. The standard InChI is InChI=1S/C22H16F6N2O4S3/c23-21(24,25)13-5-11(6-14(8-13)22(26,27)28)12-7-15(36-10-12)9-17-18(32)30(20(35)37-17)29-4-2-1-3-16(31)19(33)34/h5-10,29H,1-4H2,(H,33,34). The quantitative estimate of drug-likeness (QED) is 0.124. The maximum atomic E-state index is 13.2. The Kier molecular flexibility index (Phi) is 8.82. The topological polar surface area (TPSA) is 86.7 Å². The fourth-order valence-electron chi connectivity index (χ4n) is 3.14. The summed E-state index contributed by atoms with van der Waals surface area (Å²) in [5, 5.41) is 11.0. The molecule has 1 aromatic heterocycles. The molecule has 3 rings (SSSR count). The van der Waals surface area contributed by atoms with Gasteiger partial charge in [-0.05, 0) is 59.7 Å². The lowest BCUT2D eigenvalue weighted by Crippen LogP contribution is -2.41. The Hall–Kier alpha value is -2.75. The van der Waals surface area contributed by atoms with Crippen molar-refractivity contribution in [2.45, 2.75) is 31.6 Å². The van der Waals surface area contributed by atoms with E-state index in [1.807, 2.05) is 0 Å². The van der Waals surface area contributed by atoms with Crippen molar-refractivity contribution >= 4 is 63.4 Å². The first-order valence-corrected chi connectivity index (χ1v) is 12.4. The van der Waals surface area contributed by atoms with Gasteiger partial charge >= 0.3 is 18.3 Å². The van der Waals surface area contributed by atoms with Crippen molar-refractivity contribution < 1.29 is 45.8 Å². The number of rotatable bonds is 9. The molecule has 1 amide bonds. The molecule has 198 valence electrons. The number of carboxylic acid groups (broad SMARTS) is 1. The zero-order valence-electron chi connectivity index (χ0n) is 18.4. The summed E-state index contributed by atoms with van der Waals surface area (Å²) < 4.78 is 79.2. The summed E-state index contributed by atoms with van der Waals surface area (Å²) in [6.07, 6.45) is -7.98. The van der Waals surface area contributed by atoms with Gasteiger partial charge in [0.15, 0.2) is 4.32 Å². The summed E-state index contributed by atoms with van der Waals surface area (Å²) in [7, 11) is 0. The number of thioether (sulfide) groups is 1. The summed E-state index contributed by atoms with van der Waals surface area (Å²) in [5.74, 6) is -2.94. The van der Waals surface area contributed by atoms with Crippen LogP contribution in [0.2, 0.25) is 0 Å². The lowest BCUT2D eigenvalue weighted by Gasteiger charge is -2.15. The van der Waals surface area contributed by atoms with Crippen LogP contribution in [0.25, 0.3) is 17.2 Å². The lowest BCUT2D eigenvalue weighted by molar-refractivity contribution is -0.149. The number of hydrogen-bond donors (Lipinski definition) is 2. The number of hydrogen-bond acceptors (Lipinski definition) is 7. The van der Waals surface area contributed by atoms with Gasteiger partial charge in [0, 0.05) is 17.8 Å². The lowest BCUT2D eigenvalue weighted by atomic mass is 10.0. The molecule has 1 aliphatic rings. The minimum atomic E-state index is -4.97. The third-order valence-electron chi connectivity index (χ3n) is 4.95. The maximum Gasteiger partial charge on any atom is 0.416 e. The van der Waals surface area contributed by atoms with E-state index in [-0.39, 0.29) is 45.8 Å². The fourth-order valence-corrected chi connectivity index (χ4v) is 5.27. The number of nitrogens with zero attached hydrogens (tertiary/aromatic N) is 1. The Labute approximate surface area is 219 Å². The number of thiocarbonyl (C=S) groups is 1. The number of aliphatic carboxylic acids is 1. The molecule has 1 fully saturated rings. The summed E-state index contributed by atoms with van der Waals surface area (Å²) in [5.41, 5.74) is -0.216. The van der Waals surface area contributed by atoms with E-state index in [9.17, 15) is 40.7 Å². The van der Waals surface area contributed by atoms with Gasteiger partial charge in [0.2, 0.25) is 5.78 Å². The maximum absolute atomic E-state index is 13.2. The van der Waals surface area contributed by atoms with Crippen molar-refractivity contribution in [3.63, 3.8) is 0 Å². The van der Waals surface area contributed by atoms with Crippen LogP contribution >= 0.6 is 35.3 Å². The summed E-state index contributed by atoms with van der Waals surface area (Å²) >= 11 is 7.14. The average Bonchev–Trinajstić information content (AvgIpc) is 3.37. The molecule has 0 saturated carbocycles. The number of halogens is 6. The van der Waals surface area contributed by atoms with Crippen molar-refractivity contribution in [1.29, 1.82) is 0 Å². The van der Waals surface area contributed by atoms with E-state index in [0.29, 0.717) is 23.4 Å². The van der Waals surface area contributed by atoms with Crippen LogP contribution in [0.1, 0.15) is 35.3 Å². The van der Waals surface area contributed by atoms with Gasteiger partial charge in [0.05, 0.1) is 16.0 Å². The van der Waals surface area contributed by atoms with Crippen molar-refractivity contribution in [3.05, 3.63) is 50.6 Å². The highest BCUT2D eigenvalue weighted by atomic mass is 32.2. The number of hydrazine groups is 1. The number of nitrogens with one attached hydrogen (secondary N) is 1. The second-order valence-electron chi connectivity index (χ2n) is 7.64. The second kappa shape index (κ2) is 11.3. The molecule has 6 nitrogen and oxygen atoms in total. The van der Waals surface area contributed by atoms with Crippen molar-refractivity contribution in [2.24, 2.45) is 0 Å². The van der Waals surface area contributed by atoms with Crippen LogP contribution < -0.4 is 5.43 Å². The Balaban J connectivity index is 1.72. The molecular weight excluding hydrogens is 566 g/mol. The monoisotopic (exact) mass is 582 g/mol. The predicted molar refractivity (Wildman–Crippen MR) is 129 cm³/mol. The molecule has 0 radical (unpaired) electrons. The first-order chi connectivity index (χ1) is 17.2. The van der Waals surface area contributed by atoms with Gasteiger partial charge in [-0.2, -0.15) is 26.3 Å². The van der Waals surface area contributed by atoms with Crippen LogP contribution in [-0.4, -0.2) is 38.6 Å². The number of Topliss-reactive ketones (excluding diaryl/α,β-unsaturated/α-hetero) is 1. The zero-order chi connectivity index (χ0) is 27.5. The Morgan fingerprint density at radius 2 is 1.62 bits per heavy atom. The van der Waals surface area contributed by atoms with Crippen LogP contribution in [0.5, 0.6) is 0 Å². The predicted octanol–water partition coefficient (Wildman–Crippen LogP) is 5.98. The van der Waals surface area contributed by atoms with Gasteiger partial charge in [-0.1, -0.05) is 24.0 Å².